The Morgan fingerprint density at radius 1 is 0.975 bits per heavy atom. The number of carbonyl (C=O) groups excluding carboxylic acids is 1. The number of nitrogens with one attached hydrogen (secondary N) is 1. The molecule has 0 aliphatic heterocycles. The van der Waals surface area contributed by atoms with Gasteiger partial charge in [0.2, 0.25) is 11.6 Å². The number of benzene rings is 2. The Labute approximate surface area is 232 Å². The third-order valence-electron chi connectivity index (χ3n) is 5.48. The van der Waals surface area contributed by atoms with Crippen LogP contribution in [0.15, 0.2) is 72.4 Å². The molecule has 2 heterocycles. The van der Waals surface area contributed by atoms with Gasteiger partial charge in [0.25, 0.3) is 15.9 Å². The number of nitrogens with zero attached hydrogens (tertiary/aromatic N) is 4. The number of hydrogen-bond donors (Lipinski definition) is 1. The van der Waals surface area contributed by atoms with Gasteiger partial charge in [0, 0.05) is 12.4 Å². The number of carbonyl (C=O) groups is 1. The summed E-state index contributed by atoms with van der Waals surface area (Å²) in [7, 11) is -1.40. The van der Waals surface area contributed by atoms with Crippen molar-refractivity contribution in [1.29, 1.82) is 0 Å². The zero-order valence-electron chi connectivity index (χ0n) is 22.1. The maximum absolute atomic E-state index is 13.1. The van der Waals surface area contributed by atoms with Crippen molar-refractivity contribution >= 4 is 27.9 Å². The minimum Gasteiger partial charge on any atom is -0.478 e. The molecule has 0 atom stereocenters. The molecule has 0 saturated heterocycles. The molecule has 12 heteroatoms. The zero-order chi connectivity index (χ0) is 28.5. The fourth-order valence-electron chi connectivity index (χ4n) is 3.64. The van der Waals surface area contributed by atoms with Gasteiger partial charge in [-0.1, -0.05) is 43.7 Å². The maximum Gasteiger partial charge on any atom is 0.337 e. The van der Waals surface area contributed by atoms with E-state index in [2.05, 4.69) is 24.7 Å². The Morgan fingerprint density at radius 2 is 1.73 bits per heavy atom. The Kier molecular flexibility index (Phi) is 9.02. The molecule has 2 aromatic carbocycles. The maximum atomic E-state index is 13.1. The minimum atomic E-state index is -4.07. The smallest absolute Gasteiger partial charge is 0.337 e. The summed E-state index contributed by atoms with van der Waals surface area (Å²) in [5.74, 6) is -0.280. The van der Waals surface area contributed by atoms with E-state index >= 15 is 0 Å². The first-order chi connectivity index (χ1) is 19.3. The topological polar surface area (TPSA) is 142 Å². The lowest BCUT2D eigenvalue weighted by Crippen LogP contribution is -2.13. The lowest BCUT2D eigenvalue weighted by atomic mass is 10.1. The van der Waals surface area contributed by atoms with Crippen molar-refractivity contribution in [3.63, 3.8) is 0 Å². The van der Waals surface area contributed by atoms with Gasteiger partial charge in [-0.05, 0) is 47.9 Å². The van der Waals surface area contributed by atoms with Crippen LogP contribution in [0.2, 0.25) is 0 Å². The Bertz CT molecular complexity index is 1610. The number of aromatic nitrogens is 4. The zero-order valence-corrected chi connectivity index (χ0v) is 22.9. The fourth-order valence-corrected chi connectivity index (χ4v) is 4.46. The minimum absolute atomic E-state index is 0.0179. The largest absolute Gasteiger partial charge is 0.478 e. The summed E-state index contributed by atoms with van der Waals surface area (Å²) in [6.07, 6.45) is 5.79. The van der Waals surface area contributed by atoms with Gasteiger partial charge in [-0.25, -0.2) is 28.2 Å². The van der Waals surface area contributed by atoms with Crippen LogP contribution in [0.1, 0.15) is 34.8 Å². The van der Waals surface area contributed by atoms with Crippen molar-refractivity contribution in [3.05, 3.63) is 89.1 Å². The van der Waals surface area contributed by atoms with Gasteiger partial charge in [-0.15, -0.1) is 0 Å². The van der Waals surface area contributed by atoms with Crippen molar-refractivity contribution in [2.45, 2.75) is 19.8 Å². The summed E-state index contributed by atoms with van der Waals surface area (Å²) >= 11 is 0. The Balaban J connectivity index is 1.81. The van der Waals surface area contributed by atoms with Crippen LogP contribution in [0.4, 0.5) is 5.82 Å². The second kappa shape index (κ2) is 12.8. The molecule has 0 radical (unpaired) electrons. The van der Waals surface area contributed by atoms with Gasteiger partial charge < -0.3 is 14.2 Å². The SMILES string of the molecule is CCCc1cc(C(=O)OC)ccc1Oc1c(NS(=O)(=O)/C=C/c2ccccc2)nc(-c2ncccn2)nc1OC. The molecule has 1 N–H and O–H groups in total. The second-order valence-electron chi connectivity index (χ2n) is 8.33. The molecule has 2 aromatic heterocycles. The molecular formula is C28H27N5O6S. The number of ether oxygens (including phenoxy) is 3. The third kappa shape index (κ3) is 6.97. The predicted molar refractivity (Wildman–Crippen MR) is 149 cm³/mol. The molecule has 0 aliphatic carbocycles. The molecule has 4 aromatic rings. The van der Waals surface area contributed by atoms with Gasteiger partial charge in [-0.3, -0.25) is 4.72 Å². The number of hydrogen-bond acceptors (Lipinski definition) is 10. The molecule has 0 spiro atoms. The van der Waals surface area contributed by atoms with E-state index in [4.69, 9.17) is 14.2 Å². The molecule has 0 amide bonds. The van der Waals surface area contributed by atoms with Crippen LogP contribution < -0.4 is 14.2 Å². The number of anilines is 1. The van der Waals surface area contributed by atoms with Crippen LogP contribution in [0.5, 0.6) is 17.4 Å². The molecule has 0 unspecified atom stereocenters. The highest BCUT2D eigenvalue weighted by molar-refractivity contribution is 7.95. The van der Waals surface area contributed by atoms with Crippen molar-refractivity contribution in [2.75, 3.05) is 18.9 Å². The first-order valence-electron chi connectivity index (χ1n) is 12.2. The molecule has 40 heavy (non-hydrogen) atoms. The van der Waals surface area contributed by atoms with Crippen LogP contribution in [0, 0.1) is 0 Å². The molecule has 0 saturated carbocycles. The first kappa shape index (κ1) is 28.2. The summed E-state index contributed by atoms with van der Waals surface area (Å²) in [5, 5.41) is 1.02. The van der Waals surface area contributed by atoms with Crippen LogP contribution >= 0.6 is 0 Å². The molecule has 206 valence electrons. The van der Waals surface area contributed by atoms with E-state index in [0.717, 1.165) is 11.8 Å². The number of esters is 1. The third-order valence-corrected chi connectivity index (χ3v) is 6.46. The monoisotopic (exact) mass is 561 g/mol. The summed E-state index contributed by atoms with van der Waals surface area (Å²) in [6.45, 7) is 1.98. The van der Waals surface area contributed by atoms with Crippen molar-refractivity contribution < 1.29 is 27.4 Å². The van der Waals surface area contributed by atoms with E-state index in [1.165, 1.54) is 32.7 Å². The number of methoxy groups -OCH3 is 2. The number of aryl methyl sites for hydroxylation is 1. The highest BCUT2D eigenvalue weighted by Gasteiger charge is 2.24. The summed E-state index contributed by atoms with van der Waals surface area (Å²) in [5.41, 5.74) is 1.74. The predicted octanol–water partition coefficient (Wildman–Crippen LogP) is 4.89. The molecule has 4 rings (SSSR count). The summed E-state index contributed by atoms with van der Waals surface area (Å²) in [6, 6.07) is 15.4. The average Bonchev–Trinajstić information content (AvgIpc) is 2.98. The van der Waals surface area contributed by atoms with Gasteiger partial charge in [0.1, 0.15) is 5.75 Å². The quantitative estimate of drug-likeness (QED) is 0.252. The summed E-state index contributed by atoms with van der Waals surface area (Å²) < 4.78 is 45.2. The number of rotatable bonds is 11. The number of sulfonamides is 1. The Morgan fingerprint density at radius 3 is 2.40 bits per heavy atom. The Hall–Kier alpha value is -4.84. The van der Waals surface area contributed by atoms with Crippen molar-refractivity contribution in [1.82, 2.24) is 19.9 Å². The van der Waals surface area contributed by atoms with Gasteiger partial charge in [0.05, 0.1) is 25.2 Å². The molecule has 0 fully saturated rings. The summed E-state index contributed by atoms with van der Waals surface area (Å²) in [4.78, 5) is 29.2. The normalized spacial score (nSPS) is 11.3. The molecule has 0 aliphatic rings. The standard InChI is InChI=1S/C28H27N5O6S/c1-4-9-20-18-21(28(34)38-3)12-13-22(20)39-23-24(33-40(35,36)17-14-19-10-6-5-7-11-19)31-26(32-27(23)37-2)25-29-15-8-16-30-25/h5-8,10-18H,4,9H2,1-3H3,(H,31,32,33)/b17-14+. The molecular weight excluding hydrogens is 534 g/mol. The van der Waals surface area contributed by atoms with E-state index in [1.54, 1.807) is 48.5 Å². The van der Waals surface area contributed by atoms with Crippen molar-refractivity contribution in [3.8, 4) is 29.0 Å². The van der Waals surface area contributed by atoms with E-state index in [0.29, 0.717) is 28.9 Å². The second-order valence-corrected chi connectivity index (χ2v) is 9.90. The van der Waals surface area contributed by atoms with E-state index < -0.39 is 16.0 Å². The molecule has 11 nitrogen and oxygen atoms in total. The van der Waals surface area contributed by atoms with Crippen LogP contribution in [-0.2, 0) is 21.2 Å². The van der Waals surface area contributed by atoms with Gasteiger partial charge in [-0.2, -0.15) is 4.98 Å². The molecule has 0 bridgehead atoms. The van der Waals surface area contributed by atoms with E-state index in [9.17, 15) is 13.2 Å². The van der Waals surface area contributed by atoms with Crippen LogP contribution in [0.25, 0.3) is 17.7 Å². The van der Waals surface area contributed by atoms with Gasteiger partial charge in [0.15, 0.2) is 11.6 Å². The van der Waals surface area contributed by atoms with Crippen LogP contribution in [0.3, 0.4) is 0 Å². The van der Waals surface area contributed by atoms with Crippen LogP contribution in [-0.4, -0.2) is 48.5 Å². The lowest BCUT2D eigenvalue weighted by Gasteiger charge is -2.17. The first-order valence-corrected chi connectivity index (χ1v) is 13.8. The van der Waals surface area contributed by atoms with E-state index in [-0.39, 0.29) is 29.1 Å². The van der Waals surface area contributed by atoms with E-state index in [1.807, 2.05) is 13.0 Å². The average molecular weight is 562 g/mol. The van der Waals surface area contributed by atoms with Gasteiger partial charge >= 0.3 is 5.97 Å². The fraction of sp³-hybridized carbons (Fsp3) is 0.179. The highest BCUT2D eigenvalue weighted by Crippen LogP contribution is 2.39. The highest BCUT2D eigenvalue weighted by atomic mass is 32.2. The van der Waals surface area contributed by atoms with Crippen molar-refractivity contribution in [2.24, 2.45) is 0 Å². The lowest BCUT2D eigenvalue weighted by molar-refractivity contribution is 0.0600.